The smallest absolute Gasteiger partial charge is 0.235 e. The van der Waals surface area contributed by atoms with Crippen molar-refractivity contribution in [3.63, 3.8) is 0 Å². The Hall–Kier alpha value is -0.680. The van der Waals surface area contributed by atoms with Crippen LogP contribution in [0.25, 0.3) is 0 Å². The molecule has 1 unspecified atom stereocenters. The minimum atomic E-state index is -0.641. The van der Waals surface area contributed by atoms with Gasteiger partial charge in [0.2, 0.25) is 5.91 Å². The van der Waals surface area contributed by atoms with Gasteiger partial charge >= 0.3 is 0 Å². The van der Waals surface area contributed by atoms with Crippen LogP contribution in [0.2, 0.25) is 0 Å². The minimum absolute atomic E-state index is 0.123. The van der Waals surface area contributed by atoms with Crippen molar-refractivity contribution in [1.29, 1.82) is 0 Å². The van der Waals surface area contributed by atoms with Crippen LogP contribution >= 0.6 is 12.2 Å². The molecule has 96 valence electrons. The van der Waals surface area contributed by atoms with Crippen molar-refractivity contribution in [2.75, 3.05) is 26.3 Å². The maximum absolute atomic E-state index is 12.6. The van der Waals surface area contributed by atoms with Gasteiger partial charge in [-0.3, -0.25) is 4.79 Å². The largest absolute Gasteiger partial charge is 0.392 e. The van der Waals surface area contributed by atoms with E-state index in [0.717, 1.165) is 19.5 Å². The van der Waals surface area contributed by atoms with E-state index in [1.54, 1.807) is 0 Å². The summed E-state index contributed by atoms with van der Waals surface area (Å²) in [5.41, 5.74) is 5.19. The highest BCUT2D eigenvalue weighted by atomic mass is 32.1. The summed E-state index contributed by atoms with van der Waals surface area (Å²) in [7, 11) is 0. The van der Waals surface area contributed by atoms with Crippen molar-refractivity contribution < 1.29 is 9.53 Å². The molecule has 5 heteroatoms. The van der Waals surface area contributed by atoms with Gasteiger partial charge in [0.15, 0.2) is 0 Å². The first-order chi connectivity index (χ1) is 8.06. The summed E-state index contributed by atoms with van der Waals surface area (Å²) >= 11 is 5.14. The summed E-state index contributed by atoms with van der Waals surface area (Å²) in [6.07, 6.45) is 2.34. The molecule has 2 heterocycles. The number of thiocarbonyl (C=S) groups is 1. The van der Waals surface area contributed by atoms with Gasteiger partial charge in [-0.1, -0.05) is 19.1 Å². The van der Waals surface area contributed by atoms with Crippen LogP contribution in [0.1, 0.15) is 26.2 Å². The van der Waals surface area contributed by atoms with Gasteiger partial charge in [-0.05, 0) is 25.2 Å². The molecular weight excluding hydrogens is 236 g/mol. The van der Waals surface area contributed by atoms with Crippen LogP contribution in [0.4, 0.5) is 0 Å². The minimum Gasteiger partial charge on any atom is -0.392 e. The van der Waals surface area contributed by atoms with Crippen LogP contribution in [0.5, 0.6) is 0 Å². The lowest BCUT2D eigenvalue weighted by molar-refractivity contribution is -0.141. The van der Waals surface area contributed by atoms with Crippen molar-refractivity contribution >= 4 is 23.1 Å². The summed E-state index contributed by atoms with van der Waals surface area (Å²) in [6, 6.07) is 0. The van der Waals surface area contributed by atoms with Crippen LogP contribution in [-0.4, -0.2) is 42.1 Å². The van der Waals surface area contributed by atoms with Crippen molar-refractivity contribution in [2.45, 2.75) is 26.2 Å². The van der Waals surface area contributed by atoms with Gasteiger partial charge in [0.1, 0.15) is 5.41 Å². The van der Waals surface area contributed by atoms with E-state index < -0.39 is 5.41 Å². The number of nitrogens with zero attached hydrogens (tertiary/aromatic N) is 1. The number of nitrogens with two attached hydrogens (primary N) is 1. The molecule has 1 atom stereocenters. The molecule has 0 saturated carbocycles. The molecule has 2 aliphatic rings. The molecule has 0 aromatic rings. The molecule has 0 aromatic heterocycles. The second-order valence-corrected chi connectivity index (χ2v) is 5.64. The first-order valence-corrected chi connectivity index (χ1v) is 6.64. The number of carbonyl (C=O) groups is 1. The fourth-order valence-corrected chi connectivity index (χ4v) is 3.00. The van der Waals surface area contributed by atoms with E-state index in [-0.39, 0.29) is 5.91 Å². The molecule has 0 radical (unpaired) electrons. The molecule has 2 aliphatic heterocycles. The summed E-state index contributed by atoms with van der Waals surface area (Å²) in [6.45, 7) is 5.00. The molecule has 0 spiro atoms. The fraction of sp³-hybridized carbons (Fsp3) is 0.833. The lowest BCUT2D eigenvalue weighted by atomic mass is 9.78. The second-order valence-electron chi connectivity index (χ2n) is 5.20. The van der Waals surface area contributed by atoms with Crippen LogP contribution in [0.15, 0.2) is 0 Å². The van der Waals surface area contributed by atoms with E-state index in [0.29, 0.717) is 37.0 Å². The third-order valence-electron chi connectivity index (χ3n) is 3.94. The Kier molecular flexibility index (Phi) is 3.68. The molecule has 2 rings (SSSR count). The van der Waals surface area contributed by atoms with E-state index in [1.807, 2.05) is 4.90 Å². The number of hydrogen-bond acceptors (Lipinski definition) is 3. The lowest BCUT2D eigenvalue weighted by Gasteiger charge is -2.37. The van der Waals surface area contributed by atoms with E-state index in [9.17, 15) is 4.79 Å². The first kappa shape index (κ1) is 12.8. The van der Waals surface area contributed by atoms with Gasteiger partial charge in [-0.2, -0.15) is 0 Å². The zero-order valence-electron chi connectivity index (χ0n) is 10.3. The predicted octanol–water partition coefficient (Wildman–Crippen LogP) is 0.938. The maximum atomic E-state index is 12.6. The number of ether oxygens (including phenoxy) is 1. The Morgan fingerprint density at radius 1 is 1.47 bits per heavy atom. The number of rotatable bonds is 2. The first-order valence-electron chi connectivity index (χ1n) is 6.23. The van der Waals surface area contributed by atoms with Crippen molar-refractivity contribution in [3.05, 3.63) is 0 Å². The van der Waals surface area contributed by atoms with Gasteiger partial charge < -0.3 is 15.4 Å². The van der Waals surface area contributed by atoms with Gasteiger partial charge in [0.25, 0.3) is 0 Å². The number of amides is 1. The molecule has 0 aliphatic carbocycles. The van der Waals surface area contributed by atoms with Crippen molar-refractivity contribution in [1.82, 2.24) is 4.90 Å². The topological polar surface area (TPSA) is 55.6 Å². The molecule has 17 heavy (non-hydrogen) atoms. The summed E-state index contributed by atoms with van der Waals surface area (Å²) in [4.78, 5) is 14.9. The van der Waals surface area contributed by atoms with Gasteiger partial charge in [-0.15, -0.1) is 0 Å². The van der Waals surface area contributed by atoms with Crippen molar-refractivity contribution in [3.8, 4) is 0 Å². The monoisotopic (exact) mass is 256 g/mol. The number of carbonyl (C=O) groups excluding carboxylic acids is 1. The quantitative estimate of drug-likeness (QED) is 0.747. The molecule has 1 amide bonds. The highest BCUT2D eigenvalue weighted by Gasteiger charge is 2.46. The molecule has 2 fully saturated rings. The summed E-state index contributed by atoms with van der Waals surface area (Å²) in [5.74, 6) is 0.708. The Labute approximate surface area is 107 Å². The third-order valence-corrected chi connectivity index (χ3v) is 4.33. The van der Waals surface area contributed by atoms with Crippen molar-refractivity contribution in [2.24, 2.45) is 17.1 Å². The molecular formula is C12H20N2O2S. The van der Waals surface area contributed by atoms with Crippen LogP contribution in [-0.2, 0) is 9.53 Å². The average Bonchev–Trinajstić information content (AvgIpc) is 2.75. The third kappa shape index (κ3) is 2.31. The summed E-state index contributed by atoms with van der Waals surface area (Å²) < 4.78 is 5.32. The summed E-state index contributed by atoms with van der Waals surface area (Å²) in [5, 5.41) is 0. The molecule has 2 saturated heterocycles. The Morgan fingerprint density at radius 2 is 2.12 bits per heavy atom. The van der Waals surface area contributed by atoms with Crippen LogP contribution in [0, 0.1) is 11.3 Å². The van der Waals surface area contributed by atoms with E-state index in [4.69, 9.17) is 22.7 Å². The van der Waals surface area contributed by atoms with Crippen LogP contribution in [0.3, 0.4) is 0 Å². The van der Waals surface area contributed by atoms with Gasteiger partial charge in [0, 0.05) is 26.3 Å². The normalized spacial score (nSPS) is 28.1. The van der Waals surface area contributed by atoms with E-state index in [1.165, 1.54) is 0 Å². The highest BCUT2D eigenvalue weighted by molar-refractivity contribution is 7.80. The zero-order chi connectivity index (χ0) is 12.5. The van der Waals surface area contributed by atoms with Gasteiger partial charge in [0.05, 0.1) is 4.99 Å². The Morgan fingerprint density at radius 3 is 2.59 bits per heavy atom. The zero-order valence-corrected chi connectivity index (χ0v) is 11.1. The van der Waals surface area contributed by atoms with Gasteiger partial charge in [-0.25, -0.2) is 0 Å². The molecule has 4 nitrogen and oxygen atoms in total. The SMILES string of the molecule is CC1CCN(C(=O)C2(C(N)=S)CCOCC2)C1. The number of hydrogen-bond donors (Lipinski definition) is 1. The molecule has 0 bridgehead atoms. The Balaban J connectivity index is 2.15. The number of likely N-dealkylation sites (tertiary alicyclic amines) is 1. The predicted molar refractivity (Wildman–Crippen MR) is 69.6 cm³/mol. The maximum Gasteiger partial charge on any atom is 0.235 e. The van der Waals surface area contributed by atoms with E-state index in [2.05, 4.69) is 6.92 Å². The molecule has 2 N–H and O–H groups in total. The fourth-order valence-electron chi connectivity index (χ4n) is 2.71. The highest BCUT2D eigenvalue weighted by Crippen LogP contribution is 2.34. The standard InChI is InChI=1S/C12H20N2O2S/c1-9-2-5-14(8-9)11(15)12(10(13)17)3-6-16-7-4-12/h9H,2-8H2,1H3,(H2,13,17). The average molecular weight is 256 g/mol. The Bertz CT molecular complexity index is 326. The second kappa shape index (κ2) is 4.90. The lowest BCUT2D eigenvalue weighted by Crippen LogP contribution is -2.52. The molecule has 0 aromatic carbocycles. The van der Waals surface area contributed by atoms with E-state index >= 15 is 0 Å². The van der Waals surface area contributed by atoms with Crippen LogP contribution < -0.4 is 5.73 Å².